The predicted molar refractivity (Wildman–Crippen MR) is 85.7 cm³/mol. The van der Waals surface area contributed by atoms with Gasteiger partial charge < -0.3 is 15.1 Å². The van der Waals surface area contributed by atoms with E-state index in [1.54, 1.807) is 21.1 Å². The molecule has 2 rings (SSSR count). The van der Waals surface area contributed by atoms with E-state index in [0.29, 0.717) is 0 Å². The van der Waals surface area contributed by atoms with Crippen LogP contribution in [0.25, 0.3) is 0 Å². The summed E-state index contributed by atoms with van der Waals surface area (Å²) in [5.41, 5.74) is 0.775. The molecule has 0 aromatic heterocycles. The number of fused-ring (bicyclic) bond motifs is 1. The summed E-state index contributed by atoms with van der Waals surface area (Å²) in [5.74, 6) is -0.548. The standard InChI is InChI=1S/C15H19N3O3S/c1-17(2)14(20)9-18(3)13(19)8-12-15(21)16-10-6-4-5-7-11(10)22-12/h4-7,12H,8-9H2,1-3H3,(H,16,21)/t12-/m1/s1. The second kappa shape index (κ2) is 6.83. The second-order valence-electron chi connectivity index (χ2n) is 5.33. The number of hydrogen-bond acceptors (Lipinski definition) is 4. The molecule has 1 aromatic rings. The van der Waals surface area contributed by atoms with Crippen LogP contribution >= 0.6 is 11.8 Å². The summed E-state index contributed by atoms with van der Waals surface area (Å²) in [7, 11) is 4.85. The number of benzene rings is 1. The molecule has 0 fully saturated rings. The van der Waals surface area contributed by atoms with Gasteiger partial charge in [0.1, 0.15) is 0 Å². The Bertz CT molecular complexity index is 603. The third-order valence-corrected chi connectivity index (χ3v) is 4.64. The smallest absolute Gasteiger partial charge is 0.241 e. The zero-order chi connectivity index (χ0) is 16.3. The van der Waals surface area contributed by atoms with Gasteiger partial charge in [-0.3, -0.25) is 14.4 Å². The van der Waals surface area contributed by atoms with Gasteiger partial charge in [-0.05, 0) is 12.1 Å². The quantitative estimate of drug-likeness (QED) is 0.899. The van der Waals surface area contributed by atoms with Gasteiger partial charge >= 0.3 is 0 Å². The first-order chi connectivity index (χ1) is 10.4. The summed E-state index contributed by atoms with van der Waals surface area (Å²) in [5, 5.41) is 2.33. The van der Waals surface area contributed by atoms with Gasteiger partial charge in [0.05, 0.1) is 17.5 Å². The third kappa shape index (κ3) is 3.79. The first-order valence-corrected chi connectivity index (χ1v) is 7.77. The van der Waals surface area contributed by atoms with Crippen molar-refractivity contribution in [3.8, 4) is 0 Å². The lowest BCUT2D eigenvalue weighted by atomic mass is 10.2. The zero-order valence-corrected chi connectivity index (χ0v) is 13.6. The topological polar surface area (TPSA) is 69.7 Å². The summed E-state index contributed by atoms with van der Waals surface area (Å²) in [4.78, 5) is 39.6. The fourth-order valence-electron chi connectivity index (χ4n) is 1.97. The summed E-state index contributed by atoms with van der Waals surface area (Å²) in [6.45, 7) is 0.0153. The number of nitrogens with one attached hydrogen (secondary N) is 1. The molecule has 1 aliphatic rings. The molecule has 0 aliphatic carbocycles. The van der Waals surface area contributed by atoms with E-state index >= 15 is 0 Å². The SMILES string of the molecule is CN(C)C(=O)CN(C)C(=O)C[C@H]1Sc2ccccc2NC1=O. The molecule has 1 N–H and O–H groups in total. The zero-order valence-electron chi connectivity index (χ0n) is 12.8. The van der Waals surface area contributed by atoms with Crippen LogP contribution in [0.1, 0.15) is 6.42 Å². The van der Waals surface area contributed by atoms with Gasteiger partial charge in [-0.1, -0.05) is 12.1 Å². The van der Waals surface area contributed by atoms with E-state index in [1.807, 2.05) is 24.3 Å². The molecule has 0 saturated heterocycles. The van der Waals surface area contributed by atoms with E-state index in [1.165, 1.54) is 21.6 Å². The van der Waals surface area contributed by atoms with Crippen molar-refractivity contribution in [3.05, 3.63) is 24.3 Å². The molecule has 3 amide bonds. The van der Waals surface area contributed by atoms with Crippen LogP contribution in [0.5, 0.6) is 0 Å². The first-order valence-electron chi connectivity index (χ1n) is 6.89. The van der Waals surface area contributed by atoms with Gasteiger partial charge in [-0.15, -0.1) is 11.8 Å². The minimum atomic E-state index is -0.473. The van der Waals surface area contributed by atoms with Crippen LogP contribution < -0.4 is 5.32 Å². The van der Waals surface area contributed by atoms with Gasteiger partial charge in [-0.25, -0.2) is 0 Å². The molecule has 6 nitrogen and oxygen atoms in total. The molecule has 0 radical (unpaired) electrons. The molecule has 1 aliphatic heterocycles. The average molecular weight is 321 g/mol. The average Bonchev–Trinajstić information content (AvgIpc) is 2.47. The van der Waals surface area contributed by atoms with E-state index in [0.717, 1.165) is 10.6 Å². The molecule has 0 spiro atoms. The Kier molecular flexibility index (Phi) is 5.07. The number of carbonyl (C=O) groups is 3. The van der Waals surface area contributed by atoms with Gasteiger partial charge in [0, 0.05) is 32.5 Å². The van der Waals surface area contributed by atoms with Gasteiger partial charge in [-0.2, -0.15) is 0 Å². The monoisotopic (exact) mass is 321 g/mol. The third-order valence-electron chi connectivity index (χ3n) is 3.36. The van der Waals surface area contributed by atoms with Crippen molar-refractivity contribution in [3.63, 3.8) is 0 Å². The van der Waals surface area contributed by atoms with Crippen molar-refractivity contribution in [1.82, 2.24) is 9.80 Å². The van der Waals surface area contributed by atoms with Crippen molar-refractivity contribution in [1.29, 1.82) is 0 Å². The maximum atomic E-state index is 12.2. The van der Waals surface area contributed by atoms with E-state index in [4.69, 9.17) is 0 Å². The van der Waals surface area contributed by atoms with Crippen LogP contribution in [0.4, 0.5) is 5.69 Å². The van der Waals surface area contributed by atoms with Crippen molar-refractivity contribution < 1.29 is 14.4 Å². The predicted octanol–water partition coefficient (Wildman–Crippen LogP) is 1.04. The minimum absolute atomic E-state index is 0.0153. The Balaban J connectivity index is 1.97. The normalized spacial score (nSPS) is 16.5. The van der Waals surface area contributed by atoms with Crippen molar-refractivity contribution in [2.75, 3.05) is 33.0 Å². The highest BCUT2D eigenvalue weighted by Crippen LogP contribution is 2.36. The van der Waals surface area contributed by atoms with E-state index in [9.17, 15) is 14.4 Å². The molecule has 118 valence electrons. The molecule has 1 aromatic carbocycles. The molecule has 1 heterocycles. The molecule has 0 unspecified atom stereocenters. The van der Waals surface area contributed by atoms with Gasteiger partial charge in [0.2, 0.25) is 17.7 Å². The van der Waals surface area contributed by atoms with Crippen molar-refractivity contribution >= 4 is 35.2 Å². The lowest BCUT2D eigenvalue weighted by Crippen LogP contribution is -2.40. The molecule has 7 heteroatoms. The van der Waals surface area contributed by atoms with Crippen LogP contribution in [0.3, 0.4) is 0 Å². The summed E-state index contributed by atoms with van der Waals surface area (Å²) >= 11 is 1.38. The molecular weight excluding hydrogens is 302 g/mol. The maximum Gasteiger partial charge on any atom is 0.241 e. The number of thioether (sulfide) groups is 1. The minimum Gasteiger partial charge on any atom is -0.347 e. The largest absolute Gasteiger partial charge is 0.347 e. The summed E-state index contributed by atoms with van der Waals surface area (Å²) in [6, 6.07) is 7.49. The molecule has 22 heavy (non-hydrogen) atoms. The highest BCUT2D eigenvalue weighted by Gasteiger charge is 2.30. The van der Waals surface area contributed by atoms with Crippen LogP contribution in [0.2, 0.25) is 0 Å². The summed E-state index contributed by atoms with van der Waals surface area (Å²) in [6.07, 6.45) is 0.0715. The lowest BCUT2D eigenvalue weighted by molar-refractivity contribution is -0.138. The Morgan fingerprint density at radius 2 is 1.86 bits per heavy atom. The van der Waals surface area contributed by atoms with Gasteiger partial charge in [0.15, 0.2) is 0 Å². The number of para-hydroxylation sites is 1. The highest BCUT2D eigenvalue weighted by molar-refractivity contribution is 8.01. The first kappa shape index (κ1) is 16.4. The van der Waals surface area contributed by atoms with E-state index < -0.39 is 5.25 Å². The molecule has 1 atom stereocenters. The lowest BCUT2D eigenvalue weighted by Gasteiger charge is -2.25. The summed E-state index contributed by atoms with van der Waals surface area (Å²) < 4.78 is 0. The number of nitrogens with zero attached hydrogens (tertiary/aromatic N) is 2. The number of carbonyl (C=O) groups excluding carboxylic acids is 3. The highest BCUT2D eigenvalue weighted by atomic mass is 32.2. The number of likely N-dealkylation sites (N-methyl/N-ethyl adjacent to an activating group) is 2. The van der Waals surface area contributed by atoms with Crippen LogP contribution in [0, 0.1) is 0 Å². The van der Waals surface area contributed by atoms with Crippen molar-refractivity contribution in [2.45, 2.75) is 16.6 Å². The molecule has 0 bridgehead atoms. The Labute approximate surface area is 133 Å². The fraction of sp³-hybridized carbons (Fsp3) is 0.400. The van der Waals surface area contributed by atoms with Crippen LogP contribution in [-0.2, 0) is 14.4 Å². The van der Waals surface area contributed by atoms with E-state index in [2.05, 4.69) is 5.32 Å². The van der Waals surface area contributed by atoms with Crippen LogP contribution in [0.15, 0.2) is 29.2 Å². The Morgan fingerprint density at radius 1 is 1.18 bits per heavy atom. The number of amides is 3. The fourth-order valence-corrected chi connectivity index (χ4v) is 3.08. The number of hydrogen-bond donors (Lipinski definition) is 1. The Hall–Kier alpha value is -2.02. The van der Waals surface area contributed by atoms with Crippen molar-refractivity contribution in [2.24, 2.45) is 0 Å². The number of rotatable bonds is 4. The van der Waals surface area contributed by atoms with Crippen LogP contribution in [-0.4, -0.2) is 60.5 Å². The maximum absolute atomic E-state index is 12.2. The van der Waals surface area contributed by atoms with E-state index in [-0.39, 0.29) is 30.7 Å². The molecular formula is C15H19N3O3S. The second-order valence-corrected chi connectivity index (χ2v) is 6.58. The molecule has 0 saturated carbocycles. The number of anilines is 1. The Morgan fingerprint density at radius 3 is 2.55 bits per heavy atom. The van der Waals surface area contributed by atoms with Gasteiger partial charge in [0.25, 0.3) is 0 Å².